The molecule has 0 rings (SSSR count). The van der Waals surface area contributed by atoms with Gasteiger partial charge in [-0.05, 0) is 25.6 Å². The number of hydrogen-bond donors (Lipinski definition) is 1. The lowest BCUT2D eigenvalue weighted by atomic mass is 10.2. The molecule has 0 aliphatic heterocycles. The van der Waals surface area contributed by atoms with Crippen molar-refractivity contribution in [2.75, 3.05) is 13.6 Å². The molecule has 0 saturated carbocycles. The molecule has 0 atom stereocenters. The fourth-order valence-corrected chi connectivity index (χ4v) is 0.674. The fraction of sp³-hybridized carbons (Fsp3) is 0.538. The van der Waals surface area contributed by atoms with Gasteiger partial charge < -0.3 is 5.32 Å². The van der Waals surface area contributed by atoms with E-state index in [2.05, 4.69) is 18.5 Å². The molecule has 0 aliphatic carbocycles. The normalized spacial score (nSPS) is 8.79. The third-order valence-corrected chi connectivity index (χ3v) is 1.26. The molecule has 0 heterocycles. The molecule has 0 fully saturated rings. The van der Waals surface area contributed by atoms with Gasteiger partial charge in [-0.3, -0.25) is 0 Å². The predicted octanol–water partition coefficient (Wildman–Crippen LogP) is 3.95. The molecule has 0 aromatic rings. The first kappa shape index (κ1) is 18.9. The topological polar surface area (TPSA) is 12.0 Å². The lowest BCUT2D eigenvalue weighted by Crippen LogP contribution is -2.07. The van der Waals surface area contributed by atoms with Gasteiger partial charge in [-0.1, -0.05) is 59.1 Å². The Bertz CT molecular complexity index is 134. The zero-order valence-corrected chi connectivity index (χ0v) is 10.6. The molecule has 1 nitrogen and oxygen atoms in total. The minimum Gasteiger partial charge on any atom is -0.319 e. The average molecular weight is 197 g/mol. The summed E-state index contributed by atoms with van der Waals surface area (Å²) in [4.78, 5) is 0. The van der Waals surface area contributed by atoms with Crippen LogP contribution in [0.4, 0.5) is 0 Å². The van der Waals surface area contributed by atoms with E-state index in [0.29, 0.717) is 0 Å². The summed E-state index contributed by atoms with van der Waals surface area (Å²) in [6, 6.07) is 0. The zero-order valence-electron chi connectivity index (χ0n) is 10.6. The van der Waals surface area contributed by atoms with E-state index in [1.54, 1.807) is 6.08 Å². The van der Waals surface area contributed by atoms with Gasteiger partial charge in [0.15, 0.2) is 0 Å². The van der Waals surface area contributed by atoms with Crippen LogP contribution < -0.4 is 5.32 Å². The van der Waals surface area contributed by atoms with Crippen LogP contribution in [0.15, 0.2) is 37.0 Å². The van der Waals surface area contributed by atoms with E-state index in [9.17, 15) is 0 Å². The summed E-state index contributed by atoms with van der Waals surface area (Å²) in [5.74, 6) is 0. The first-order valence-electron chi connectivity index (χ1n) is 5.43. The third kappa shape index (κ3) is 17.3. The highest BCUT2D eigenvalue weighted by molar-refractivity contribution is 5.20. The lowest BCUT2D eigenvalue weighted by molar-refractivity contribution is 0.794. The van der Waals surface area contributed by atoms with E-state index in [1.807, 2.05) is 46.9 Å². The quantitative estimate of drug-likeness (QED) is 0.658. The van der Waals surface area contributed by atoms with Crippen LogP contribution in [0, 0.1) is 0 Å². The minimum atomic E-state index is 0.992. The van der Waals surface area contributed by atoms with Gasteiger partial charge >= 0.3 is 0 Å². The Morgan fingerprint density at radius 3 is 1.93 bits per heavy atom. The van der Waals surface area contributed by atoms with E-state index >= 15 is 0 Å². The van der Waals surface area contributed by atoms with Gasteiger partial charge in [0.2, 0.25) is 0 Å². The second kappa shape index (κ2) is 22.8. The molecule has 14 heavy (non-hydrogen) atoms. The molecule has 0 unspecified atom stereocenters. The molecule has 0 amide bonds. The van der Waals surface area contributed by atoms with Crippen molar-refractivity contribution >= 4 is 0 Å². The Hall–Kier alpha value is -0.820. The maximum atomic E-state index is 3.69. The minimum absolute atomic E-state index is 0.992. The highest BCUT2D eigenvalue weighted by Crippen LogP contribution is 2.00. The van der Waals surface area contributed by atoms with Gasteiger partial charge in [0.25, 0.3) is 0 Å². The smallest absolute Gasteiger partial charge is 0.00114 e. The molecular formula is C13H27N. The van der Waals surface area contributed by atoms with Crippen LogP contribution in [-0.2, 0) is 0 Å². The van der Waals surface area contributed by atoms with Crippen molar-refractivity contribution in [3.63, 3.8) is 0 Å². The number of rotatable bonds is 5. The van der Waals surface area contributed by atoms with Crippen molar-refractivity contribution in [2.24, 2.45) is 0 Å². The second-order valence-corrected chi connectivity index (χ2v) is 2.03. The SMILES string of the molecule is C=C/C=C(\C=C)CCNC.CC.CC. The number of allylic oxidation sites excluding steroid dienone is 3. The van der Waals surface area contributed by atoms with Crippen molar-refractivity contribution in [1.82, 2.24) is 5.32 Å². The van der Waals surface area contributed by atoms with Crippen LogP contribution in [0.5, 0.6) is 0 Å². The standard InChI is InChI=1S/C9H15N.2C2H6/c1-4-6-9(5-2)7-8-10-3;2*1-2/h4-6,10H,1-2,7-8H2,3H3;2*1-2H3/b9-6+;;. The second-order valence-electron chi connectivity index (χ2n) is 2.03. The molecule has 1 heteroatoms. The molecular weight excluding hydrogens is 170 g/mol. The molecule has 0 aliphatic rings. The molecule has 0 aromatic carbocycles. The third-order valence-electron chi connectivity index (χ3n) is 1.26. The molecule has 0 spiro atoms. The lowest BCUT2D eigenvalue weighted by Gasteiger charge is -1.98. The molecule has 0 aromatic heterocycles. The van der Waals surface area contributed by atoms with Crippen molar-refractivity contribution < 1.29 is 0 Å². The fourth-order valence-electron chi connectivity index (χ4n) is 0.674. The molecule has 1 N–H and O–H groups in total. The zero-order chi connectivity index (χ0) is 11.8. The van der Waals surface area contributed by atoms with Crippen molar-refractivity contribution in [2.45, 2.75) is 34.1 Å². The first-order chi connectivity index (χ1) is 6.85. The van der Waals surface area contributed by atoms with Crippen LogP contribution in [0.3, 0.4) is 0 Å². The van der Waals surface area contributed by atoms with Gasteiger partial charge in [-0.25, -0.2) is 0 Å². The maximum Gasteiger partial charge on any atom is -0.00114 e. The van der Waals surface area contributed by atoms with E-state index in [4.69, 9.17) is 0 Å². The Kier molecular flexibility index (Phi) is 30.7. The summed E-state index contributed by atoms with van der Waals surface area (Å²) in [5, 5.41) is 3.07. The van der Waals surface area contributed by atoms with Gasteiger partial charge in [0.05, 0.1) is 0 Å². The van der Waals surface area contributed by atoms with Crippen LogP contribution >= 0.6 is 0 Å². The van der Waals surface area contributed by atoms with Gasteiger partial charge in [0, 0.05) is 0 Å². The summed E-state index contributed by atoms with van der Waals surface area (Å²) in [6.07, 6.45) is 6.64. The number of hydrogen-bond acceptors (Lipinski definition) is 1. The number of nitrogens with one attached hydrogen (secondary N) is 1. The summed E-state index contributed by atoms with van der Waals surface area (Å²) >= 11 is 0. The molecule has 0 radical (unpaired) electrons. The van der Waals surface area contributed by atoms with E-state index < -0.39 is 0 Å². The van der Waals surface area contributed by atoms with Gasteiger partial charge in [0.1, 0.15) is 0 Å². The highest BCUT2D eigenvalue weighted by atomic mass is 14.8. The monoisotopic (exact) mass is 197 g/mol. The Morgan fingerprint density at radius 1 is 1.14 bits per heavy atom. The molecule has 0 saturated heterocycles. The van der Waals surface area contributed by atoms with Gasteiger partial charge in [-0.2, -0.15) is 0 Å². The van der Waals surface area contributed by atoms with Crippen molar-refractivity contribution in [3.8, 4) is 0 Å². The Morgan fingerprint density at radius 2 is 1.64 bits per heavy atom. The van der Waals surface area contributed by atoms with Crippen molar-refractivity contribution in [3.05, 3.63) is 37.0 Å². The molecule has 84 valence electrons. The molecule has 0 bridgehead atoms. The van der Waals surface area contributed by atoms with Crippen LogP contribution in [0.25, 0.3) is 0 Å². The van der Waals surface area contributed by atoms with Crippen LogP contribution in [0.2, 0.25) is 0 Å². The van der Waals surface area contributed by atoms with E-state index in [-0.39, 0.29) is 0 Å². The average Bonchev–Trinajstić information content (AvgIpc) is 2.29. The summed E-state index contributed by atoms with van der Waals surface area (Å²) in [7, 11) is 1.94. The highest BCUT2D eigenvalue weighted by Gasteiger charge is 1.86. The summed E-state index contributed by atoms with van der Waals surface area (Å²) in [6.45, 7) is 16.3. The van der Waals surface area contributed by atoms with Gasteiger partial charge in [-0.15, -0.1) is 0 Å². The van der Waals surface area contributed by atoms with Crippen LogP contribution in [0.1, 0.15) is 34.1 Å². The first-order valence-corrected chi connectivity index (χ1v) is 5.43. The van der Waals surface area contributed by atoms with Crippen LogP contribution in [-0.4, -0.2) is 13.6 Å². The Balaban J connectivity index is -0.000000266. The summed E-state index contributed by atoms with van der Waals surface area (Å²) < 4.78 is 0. The predicted molar refractivity (Wildman–Crippen MR) is 69.7 cm³/mol. The van der Waals surface area contributed by atoms with Crippen molar-refractivity contribution in [1.29, 1.82) is 0 Å². The summed E-state index contributed by atoms with van der Waals surface area (Å²) in [5.41, 5.74) is 1.23. The Labute approximate surface area is 90.6 Å². The maximum absolute atomic E-state index is 3.69. The van der Waals surface area contributed by atoms with E-state index in [0.717, 1.165) is 13.0 Å². The van der Waals surface area contributed by atoms with E-state index in [1.165, 1.54) is 5.57 Å². The largest absolute Gasteiger partial charge is 0.319 e.